The number of amides is 2. The lowest BCUT2D eigenvalue weighted by Crippen LogP contribution is -2.49. The smallest absolute Gasteiger partial charge is 0.408 e. The SMILES string of the molecule is O=C(N[C@@H](Cc1ccccc1)C(=O)N1CCOC1)OCc1ccccc1. The Balaban J connectivity index is 1.62. The molecule has 1 fully saturated rings. The summed E-state index contributed by atoms with van der Waals surface area (Å²) in [6.07, 6.45) is -0.209. The van der Waals surface area contributed by atoms with Crippen LogP contribution < -0.4 is 5.32 Å². The molecule has 0 unspecified atom stereocenters. The first-order valence-corrected chi connectivity index (χ1v) is 8.60. The van der Waals surface area contributed by atoms with E-state index in [2.05, 4.69) is 5.32 Å². The number of nitrogens with zero attached hydrogens (tertiary/aromatic N) is 1. The third-order valence-electron chi connectivity index (χ3n) is 4.15. The van der Waals surface area contributed by atoms with Crippen LogP contribution >= 0.6 is 0 Å². The maximum atomic E-state index is 12.7. The second-order valence-corrected chi connectivity index (χ2v) is 6.09. The minimum atomic E-state index is -0.692. The lowest BCUT2D eigenvalue weighted by Gasteiger charge is -2.23. The van der Waals surface area contributed by atoms with E-state index >= 15 is 0 Å². The average molecular weight is 354 g/mol. The van der Waals surface area contributed by atoms with Gasteiger partial charge < -0.3 is 19.7 Å². The molecular formula is C20H22N2O4. The highest BCUT2D eigenvalue weighted by Gasteiger charge is 2.28. The van der Waals surface area contributed by atoms with Gasteiger partial charge in [-0.25, -0.2) is 4.79 Å². The van der Waals surface area contributed by atoms with Crippen molar-refractivity contribution in [1.82, 2.24) is 10.2 Å². The zero-order chi connectivity index (χ0) is 18.2. The van der Waals surface area contributed by atoms with Gasteiger partial charge in [0, 0.05) is 13.0 Å². The fourth-order valence-corrected chi connectivity index (χ4v) is 2.77. The number of carbonyl (C=O) groups is 2. The van der Waals surface area contributed by atoms with E-state index in [4.69, 9.17) is 9.47 Å². The fourth-order valence-electron chi connectivity index (χ4n) is 2.77. The molecule has 2 aromatic rings. The van der Waals surface area contributed by atoms with Crippen LogP contribution in [-0.4, -0.2) is 42.8 Å². The van der Waals surface area contributed by atoms with Gasteiger partial charge >= 0.3 is 6.09 Å². The van der Waals surface area contributed by atoms with Crippen LogP contribution in [0.15, 0.2) is 60.7 Å². The van der Waals surface area contributed by atoms with Gasteiger partial charge in [0.25, 0.3) is 0 Å². The molecule has 1 N–H and O–H groups in total. The first-order valence-electron chi connectivity index (χ1n) is 8.60. The zero-order valence-electron chi connectivity index (χ0n) is 14.5. The van der Waals surface area contributed by atoms with Crippen LogP contribution in [0.3, 0.4) is 0 Å². The molecule has 1 atom stereocenters. The summed E-state index contributed by atoms with van der Waals surface area (Å²) < 4.78 is 10.5. The van der Waals surface area contributed by atoms with Gasteiger partial charge in [0.05, 0.1) is 6.61 Å². The van der Waals surface area contributed by atoms with Crippen LogP contribution in [0.25, 0.3) is 0 Å². The van der Waals surface area contributed by atoms with Crippen molar-refractivity contribution >= 4 is 12.0 Å². The normalized spacial score (nSPS) is 14.7. The molecular weight excluding hydrogens is 332 g/mol. The van der Waals surface area contributed by atoms with Gasteiger partial charge in [-0.3, -0.25) is 4.79 Å². The monoisotopic (exact) mass is 354 g/mol. The largest absolute Gasteiger partial charge is 0.445 e. The van der Waals surface area contributed by atoms with Crippen LogP contribution in [0.2, 0.25) is 0 Å². The number of benzene rings is 2. The van der Waals surface area contributed by atoms with Crippen molar-refractivity contribution in [3.8, 4) is 0 Å². The van der Waals surface area contributed by atoms with Crippen LogP contribution in [0.1, 0.15) is 11.1 Å². The molecule has 1 heterocycles. The van der Waals surface area contributed by atoms with Crippen LogP contribution in [0.4, 0.5) is 4.79 Å². The Labute approximate surface area is 152 Å². The summed E-state index contributed by atoms with van der Waals surface area (Å²) in [7, 11) is 0. The van der Waals surface area contributed by atoms with E-state index in [0.717, 1.165) is 11.1 Å². The number of alkyl carbamates (subject to hydrolysis) is 1. The van der Waals surface area contributed by atoms with Crippen LogP contribution in [-0.2, 0) is 27.3 Å². The number of nitrogens with one attached hydrogen (secondary N) is 1. The van der Waals surface area contributed by atoms with Crippen molar-refractivity contribution < 1.29 is 19.1 Å². The summed E-state index contributed by atoms with van der Waals surface area (Å²) in [4.78, 5) is 26.5. The van der Waals surface area contributed by atoms with Crippen molar-refractivity contribution in [2.45, 2.75) is 19.1 Å². The standard InChI is InChI=1S/C20H22N2O4/c23-19(22-11-12-25-15-22)18(13-16-7-3-1-4-8-16)21-20(24)26-14-17-9-5-2-6-10-17/h1-10,18H,11-15H2,(H,21,24)/t18-/m0/s1. The summed E-state index contributed by atoms with van der Waals surface area (Å²) in [5.41, 5.74) is 1.86. The number of ether oxygens (including phenoxy) is 2. The lowest BCUT2D eigenvalue weighted by atomic mass is 10.1. The first-order chi connectivity index (χ1) is 12.7. The molecule has 1 saturated heterocycles. The second-order valence-electron chi connectivity index (χ2n) is 6.09. The predicted octanol–water partition coefficient (Wildman–Crippen LogP) is 2.34. The van der Waals surface area contributed by atoms with E-state index < -0.39 is 12.1 Å². The van der Waals surface area contributed by atoms with Crippen molar-refractivity contribution in [3.05, 3.63) is 71.8 Å². The first kappa shape index (κ1) is 17.9. The lowest BCUT2D eigenvalue weighted by molar-refractivity contribution is -0.133. The minimum Gasteiger partial charge on any atom is -0.445 e. The molecule has 0 bridgehead atoms. The molecule has 3 rings (SSSR count). The van der Waals surface area contributed by atoms with Gasteiger partial charge in [0.1, 0.15) is 19.4 Å². The molecule has 1 aliphatic heterocycles. The highest BCUT2D eigenvalue weighted by atomic mass is 16.5. The molecule has 0 radical (unpaired) electrons. The minimum absolute atomic E-state index is 0.158. The summed E-state index contributed by atoms with van der Waals surface area (Å²) in [5.74, 6) is -0.164. The van der Waals surface area contributed by atoms with Gasteiger partial charge in [0.2, 0.25) is 5.91 Å². The summed E-state index contributed by atoms with van der Waals surface area (Å²) in [6.45, 7) is 1.46. The molecule has 2 amide bonds. The Morgan fingerprint density at radius 2 is 1.69 bits per heavy atom. The third-order valence-corrected chi connectivity index (χ3v) is 4.15. The summed E-state index contributed by atoms with van der Waals surface area (Å²) in [5, 5.41) is 2.70. The predicted molar refractivity (Wildman–Crippen MR) is 96.2 cm³/mol. The molecule has 0 saturated carbocycles. The second kappa shape index (κ2) is 9.01. The molecule has 1 aliphatic rings. The van der Waals surface area contributed by atoms with Crippen LogP contribution in [0.5, 0.6) is 0 Å². The van der Waals surface area contributed by atoms with Crippen molar-refractivity contribution in [1.29, 1.82) is 0 Å². The quantitative estimate of drug-likeness (QED) is 0.865. The van der Waals surface area contributed by atoms with E-state index in [9.17, 15) is 9.59 Å². The average Bonchev–Trinajstić information content (AvgIpc) is 3.22. The van der Waals surface area contributed by atoms with E-state index in [1.54, 1.807) is 4.90 Å². The maximum Gasteiger partial charge on any atom is 0.408 e. The van der Waals surface area contributed by atoms with Gasteiger partial charge in [0.15, 0.2) is 0 Å². The molecule has 2 aromatic carbocycles. The maximum absolute atomic E-state index is 12.7. The van der Waals surface area contributed by atoms with Crippen molar-refractivity contribution in [2.75, 3.05) is 19.9 Å². The molecule has 0 aliphatic carbocycles. The number of hydrogen-bond acceptors (Lipinski definition) is 4. The highest BCUT2D eigenvalue weighted by Crippen LogP contribution is 2.09. The molecule has 136 valence electrons. The summed E-state index contributed by atoms with van der Waals surface area (Å²) in [6, 6.07) is 18.3. The molecule has 6 nitrogen and oxygen atoms in total. The number of hydrogen-bond donors (Lipinski definition) is 1. The van der Waals surface area contributed by atoms with E-state index in [1.165, 1.54) is 0 Å². The number of rotatable bonds is 6. The molecule has 6 heteroatoms. The van der Waals surface area contributed by atoms with E-state index in [-0.39, 0.29) is 19.2 Å². The van der Waals surface area contributed by atoms with E-state index in [0.29, 0.717) is 19.6 Å². The summed E-state index contributed by atoms with van der Waals surface area (Å²) >= 11 is 0. The van der Waals surface area contributed by atoms with E-state index in [1.807, 2.05) is 60.7 Å². The number of carbonyl (C=O) groups excluding carboxylic acids is 2. The Morgan fingerprint density at radius 3 is 2.31 bits per heavy atom. The highest BCUT2D eigenvalue weighted by molar-refractivity contribution is 5.86. The Morgan fingerprint density at radius 1 is 1.04 bits per heavy atom. The molecule has 0 spiro atoms. The van der Waals surface area contributed by atoms with Crippen molar-refractivity contribution in [3.63, 3.8) is 0 Å². The van der Waals surface area contributed by atoms with Crippen LogP contribution in [0, 0.1) is 0 Å². The van der Waals surface area contributed by atoms with Crippen molar-refractivity contribution in [2.24, 2.45) is 0 Å². The fraction of sp³-hybridized carbons (Fsp3) is 0.300. The Kier molecular flexibility index (Phi) is 6.22. The topological polar surface area (TPSA) is 67.9 Å². The Bertz CT molecular complexity index is 715. The molecule has 26 heavy (non-hydrogen) atoms. The Hall–Kier alpha value is -2.86. The van der Waals surface area contributed by atoms with Gasteiger partial charge in [-0.2, -0.15) is 0 Å². The van der Waals surface area contributed by atoms with Gasteiger partial charge in [-0.05, 0) is 11.1 Å². The zero-order valence-corrected chi connectivity index (χ0v) is 14.5. The third kappa shape index (κ3) is 5.07. The van der Waals surface area contributed by atoms with Gasteiger partial charge in [-0.1, -0.05) is 60.7 Å². The molecule has 0 aromatic heterocycles. The van der Waals surface area contributed by atoms with Gasteiger partial charge in [-0.15, -0.1) is 0 Å².